The molecule has 0 heterocycles. The number of aldehydes is 1. The molecule has 0 N–H and O–H groups in total. The molecule has 1 aliphatic carbocycles. The first-order valence-electron chi connectivity index (χ1n) is 6.77. The molecule has 0 radical (unpaired) electrons. The van der Waals surface area contributed by atoms with Crippen molar-refractivity contribution >= 4 is 23.6 Å². The zero-order chi connectivity index (χ0) is 13.0. The molecule has 0 spiro atoms. The Kier molecular flexibility index (Phi) is 4.65. The molecule has 1 aromatic carbocycles. The first-order chi connectivity index (χ1) is 8.76. The molecule has 0 amide bonds. The van der Waals surface area contributed by atoms with Crippen LogP contribution in [0, 0.1) is 0 Å². The van der Waals surface area contributed by atoms with E-state index in [4.69, 9.17) is 11.6 Å². The van der Waals surface area contributed by atoms with Gasteiger partial charge in [0.25, 0.3) is 0 Å². The summed E-state index contributed by atoms with van der Waals surface area (Å²) in [7, 11) is 0. The van der Waals surface area contributed by atoms with Crippen molar-refractivity contribution in [1.82, 2.24) is 0 Å². The van der Waals surface area contributed by atoms with E-state index in [1.54, 1.807) is 0 Å². The average Bonchev–Trinajstić information content (AvgIpc) is 2.41. The van der Waals surface area contributed by atoms with Crippen molar-refractivity contribution in [3.05, 3.63) is 28.8 Å². The van der Waals surface area contributed by atoms with Crippen LogP contribution in [0.25, 0.3) is 0 Å². The van der Waals surface area contributed by atoms with Gasteiger partial charge in [-0.2, -0.15) is 0 Å². The quantitative estimate of drug-likeness (QED) is 0.756. The zero-order valence-corrected chi connectivity index (χ0v) is 11.6. The summed E-state index contributed by atoms with van der Waals surface area (Å²) in [5.41, 5.74) is 1.71. The van der Waals surface area contributed by atoms with Crippen LogP contribution in [0.1, 0.15) is 49.4 Å². The highest BCUT2D eigenvalue weighted by Gasteiger charge is 2.20. The van der Waals surface area contributed by atoms with Crippen LogP contribution in [-0.4, -0.2) is 18.9 Å². The van der Waals surface area contributed by atoms with Crippen LogP contribution in [0.15, 0.2) is 18.2 Å². The number of hydrogen-bond donors (Lipinski definition) is 0. The Balaban J connectivity index is 2.21. The van der Waals surface area contributed by atoms with Crippen LogP contribution >= 0.6 is 11.6 Å². The minimum atomic E-state index is 0.553. The van der Waals surface area contributed by atoms with Gasteiger partial charge in [0.2, 0.25) is 0 Å². The fourth-order valence-corrected chi connectivity index (χ4v) is 3.05. The van der Waals surface area contributed by atoms with Gasteiger partial charge in [0.05, 0.1) is 5.02 Å². The van der Waals surface area contributed by atoms with Gasteiger partial charge >= 0.3 is 0 Å². The van der Waals surface area contributed by atoms with E-state index in [-0.39, 0.29) is 0 Å². The van der Waals surface area contributed by atoms with Crippen molar-refractivity contribution in [2.45, 2.75) is 45.1 Å². The predicted octanol–water partition coefficient (Wildman–Crippen LogP) is 4.31. The Labute approximate surface area is 114 Å². The highest BCUT2D eigenvalue weighted by Crippen LogP contribution is 2.29. The van der Waals surface area contributed by atoms with Crippen LogP contribution < -0.4 is 4.90 Å². The van der Waals surface area contributed by atoms with Gasteiger partial charge in [-0.15, -0.1) is 0 Å². The zero-order valence-electron chi connectivity index (χ0n) is 10.9. The van der Waals surface area contributed by atoms with E-state index >= 15 is 0 Å². The molecule has 2 rings (SSSR count). The van der Waals surface area contributed by atoms with Crippen LogP contribution in [0.3, 0.4) is 0 Å². The second-order valence-corrected chi connectivity index (χ2v) is 5.31. The lowest BCUT2D eigenvalue weighted by Gasteiger charge is -2.35. The number of anilines is 1. The molecule has 0 aromatic heterocycles. The first kappa shape index (κ1) is 13.4. The number of benzene rings is 1. The summed E-state index contributed by atoms with van der Waals surface area (Å²) in [6, 6.07) is 6.37. The van der Waals surface area contributed by atoms with Gasteiger partial charge in [0, 0.05) is 23.8 Å². The number of carbonyl (C=O) groups is 1. The second-order valence-electron chi connectivity index (χ2n) is 4.90. The van der Waals surface area contributed by atoms with Crippen molar-refractivity contribution in [3.63, 3.8) is 0 Å². The fourth-order valence-electron chi connectivity index (χ4n) is 2.83. The summed E-state index contributed by atoms with van der Waals surface area (Å²) in [5.74, 6) is 0. The Bertz CT molecular complexity index is 413. The van der Waals surface area contributed by atoms with Crippen molar-refractivity contribution in [2.24, 2.45) is 0 Å². The monoisotopic (exact) mass is 265 g/mol. The van der Waals surface area contributed by atoms with E-state index in [9.17, 15) is 4.79 Å². The van der Waals surface area contributed by atoms with E-state index in [0.717, 1.165) is 18.5 Å². The van der Waals surface area contributed by atoms with E-state index in [0.29, 0.717) is 16.6 Å². The summed E-state index contributed by atoms with van der Waals surface area (Å²) in [5, 5.41) is 0.553. The number of carbonyl (C=O) groups excluding carboxylic acids is 1. The van der Waals surface area contributed by atoms with Gasteiger partial charge < -0.3 is 4.90 Å². The Hall–Kier alpha value is -1.02. The number of halogens is 1. The highest BCUT2D eigenvalue weighted by atomic mass is 35.5. The number of hydrogen-bond acceptors (Lipinski definition) is 2. The van der Waals surface area contributed by atoms with Crippen LogP contribution in [0.5, 0.6) is 0 Å². The van der Waals surface area contributed by atoms with Crippen molar-refractivity contribution in [1.29, 1.82) is 0 Å². The lowest BCUT2D eigenvalue weighted by Crippen LogP contribution is -2.36. The maximum absolute atomic E-state index is 10.8. The lowest BCUT2D eigenvalue weighted by atomic mass is 9.93. The summed E-state index contributed by atoms with van der Waals surface area (Å²) >= 11 is 6.11. The molecular formula is C15H20ClNO. The third-order valence-corrected chi connectivity index (χ3v) is 4.13. The molecule has 3 heteroatoms. The Morgan fingerprint density at radius 1 is 1.33 bits per heavy atom. The molecule has 0 unspecified atom stereocenters. The molecule has 1 aromatic rings. The molecule has 1 fully saturated rings. The molecule has 2 nitrogen and oxygen atoms in total. The van der Waals surface area contributed by atoms with Gasteiger partial charge in [-0.25, -0.2) is 0 Å². The molecular weight excluding hydrogens is 246 g/mol. The fraction of sp³-hybridized carbons (Fsp3) is 0.533. The lowest BCUT2D eigenvalue weighted by molar-refractivity contribution is 0.112. The Morgan fingerprint density at radius 2 is 2.06 bits per heavy atom. The summed E-state index contributed by atoms with van der Waals surface area (Å²) in [4.78, 5) is 13.2. The Morgan fingerprint density at radius 3 is 2.61 bits per heavy atom. The van der Waals surface area contributed by atoms with E-state index < -0.39 is 0 Å². The van der Waals surface area contributed by atoms with Crippen LogP contribution in [0.2, 0.25) is 5.02 Å². The maximum Gasteiger partial charge on any atom is 0.151 e. The van der Waals surface area contributed by atoms with Crippen molar-refractivity contribution in [3.8, 4) is 0 Å². The van der Waals surface area contributed by atoms with Gasteiger partial charge in [-0.1, -0.05) is 30.9 Å². The molecule has 0 bridgehead atoms. The van der Waals surface area contributed by atoms with Gasteiger partial charge in [0.15, 0.2) is 6.29 Å². The predicted molar refractivity (Wildman–Crippen MR) is 76.7 cm³/mol. The van der Waals surface area contributed by atoms with Crippen molar-refractivity contribution in [2.75, 3.05) is 11.4 Å². The highest BCUT2D eigenvalue weighted by molar-refractivity contribution is 6.33. The second kappa shape index (κ2) is 6.24. The minimum Gasteiger partial charge on any atom is -0.369 e. The molecule has 18 heavy (non-hydrogen) atoms. The third kappa shape index (κ3) is 2.86. The SMILES string of the molecule is CCN(c1ccc(C=O)c(Cl)c1)C1CCCCC1. The summed E-state index contributed by atoms with van der Waals surface area (Å²) < 4.78 is 0. The largest absolute Gasteiger partial charge is 0.369 e. The topological polar surface area (TPSA) is 20.3 Å². The van der Waals surface area contributed by atoms with Crippen molar-refractivity contribution < 1.29 is 4.79 Å². The molecule has 0 saturated heterocycles. The smallest absolute Gasteiger partial charge is 0.151 e. The molecule has 0 atom stereocenters. The summed E-state index contributed by atoms with van der Waals surface area (Å²) in [6.45, 7) is 3.16. The van der Waals surface area contributed by atoms with Gasteiger partial charge in [-0.3, -0.25) is 4.79 Å². The van der Waals surface area contributed by atoms with E-state index in [1.165, 1.54) is 32.1 Å². The maximum atomic E-state index is 10.8. The summed E-state index contributed by atoms with van der Waals surface area (Å²) in [6.07, 6.45) is 7.34. The molecule has 1 saturated carbocycles. The average molecular weight is 266 g/mol. The van der Waals surface area contributed by atoms with E-state index in [1.807, 2.05) is 18.2 Å². The standard InChI is InChI=1S/C15H20ClNO/c1-2-17(13-6-4-3-5-7-13)14-9-8-12(11-18)15(16)10-14/h8-11,13H,2-7H2,1H3. The van der Waals surface area contributed by atoms with E-state index in [2.05, 4.69) is 11.8 Å². The van der Waals surface area contributed by atoms with Crippen LogP contribution in [-0.2, 0) is 0 Å². The normalized spacial score (nSPS) is 16.6. The molecule has 1 aliphatic rings. The molecule has 0 aliphatic heterocycles. The minimum absolute atomic E-state index is 0.553. The number of rotatable bonds is 4. The number of nitrogens with zero attached hydrogens (tertiary/aromatic N) is 1. The van der Waals surface area contributed by atoms with Crippen LogP contribution in [0.4, 0.5) is 5.69 Å². The van der Waals surface area contributed by atoms with Gasteiger partial charge in [-0.05, 0) is 38.0 Å². The third-order valence-electron chi connectivity index (χ3n) is 3.80. The first-order valence-corrected chi connectivity index (χ1v) is 7.15. The molecule has 98 valence electrons. The van der Waals surface area contributed by atoms with Gasteiger partial charge in [0.1, 0.15) is 0 Å².